The van der Waals surface area contributed by atoms with Crippen LogP contribution in [0.15, 0.2) is 48.5 Å². The van der Waals surface area contributed by atoms with E-state index < -0.39 is 0 Å². The van der Waals surface area contributed by atoms with Crippen molar-refractivity contribution in [2.75, 3.05) is 10.6 Å². The standard InChI is InChI=1S/C22H23N3O2S/c1-13(2)16-5-9-19(10-6-16)24-21(27)20-14(3)28-22(25-20)17-7-11-18(12-8-17)23-15(4)26/h5-13H,1-4H3,(H,23,26)(H,24,27). The van der Waals surface area contributed by atoms with Crippen LogP contribution in [0.2, 0.25) is 0 Å². The highest BCUT2D eigenvalue weighted by atomic mass is 32.1. The number of carbonyl (C=O) groups is 2. The van der Waals surface area contributed by atoms with Gasteiger partial charge in [-0.3, -0.25) is 9.59 Å². The first-order chi connectivity index (χ1) is 13.3. The number of rotatable bonds is 5. The largest absolute Gasteiger partial charge is 0.326 e. The van der Waals surface area contributed by atoms with Crippen LogP contribution in [-0.4, -0.2) is 16.8 Å². The highest BCUT2D eigenvalue weighted by molar-refractivity contribution is 7.15. The third-order valence-corrected chi connectivity index (χ3v) is 5.32. The van der Waals surface area contributed by atoms with E-state index >= 15 is 0 Å². The number of thiazole rings is 1. The Bertz CT molecular complexity index is 990. The van der Waals surface area contributed by atoms with Crippen LogP contribution >= 0.6 is 11.3 Å². The molecule has 0 saturated carbocycles. The molecule has 5 nitrogen and oxygen atoms in total. The maximum Gasteiger partial charge on any atom is 0.275 e. The number of hydrogen-bond donors (Lipinski definition) is 2. The highest BCUT2D eigenvalue weighted by Crippen LogP contribution is 2.29. The third-order valence-electron chi connectivity index (χ3n) is 4.30. The van der Waals surface area contributed by atoms with Crippen molar-refractivity contribution in [1.29, 1.82) is 0 Å². The first-order valence-corrected chi connectivity index (χ1v) is 9.92. The number of nitrogens with one attached hydrogen (secondary N) is 2. The molecular formula is C22H23N3O2S. The summed E-state index contributed by atoms with van der Waals surface area (Å²) in [5, 5.41) is 6.43. The fraction of sp³-hybridized carbons (Fsp3) is 0.227. The summed E-state index contributed by atoms with van der Waals surface area (Å²) in [5.74, 6) is 0.121. The molecule has 0 unspecified atom stereocenters. The van der Waals surface area contributed by atoms with Gasteiger partial charge >= 0.3 is 0 Å². The van der Waals surface area contributed by atoms with Gasteiger partial charge in [0, 0.05) is 28.7 Å². The molecule has 0 aliphatic rings. The van der Waals surface area contributed by atoms with Crippen LogP contribution in [-0.2, 0) is 4.79 Å². The molecule has 0 radical (unpaired) electrons. The van der Waals surface area contributed by atoms with Gasteiger partial charge in [0.15, 0.2) is 0 Å². The molecule has 6 heteroatoms. The van der Waals surface area contributed by atoms with Crippen LogP contribution in [0.3, 0.4) is 0 Å². The molecule has 144 valence electrons. The highest BCUT2D eigenvalue weighted by Gasteiger charge is 2.17. The van der Waals surface area contributed by atoms with Crippen molar-refractivity contribution in [2.24, 2.45) is 0 Å². The fourth-order valence-electron chi connectivity index (χ4n) is 2.77. The van der Waals surface area contributed by atoms with E-state index in [4.69, 9.17) is 0 Å². The maximum absolute atomic E-state index is 12.7. The van der Waals surface area contributed by atoms with Gasteiger partial charge in [-0.25, -0.2) is 4.98 Å². The van der Waals surface area contributed by atoms with Gasteiger partial charge in [0.25, 0.3) is 5.91 Å². The minimum atomic E-state index is -0.216. The molecule has 2 amide bonds. The lowest BCUT2D eigenvalue weighted by Gasteiger charge is -2.08. The first-order valence-electron chi connectivity index (χ1n) is 9.10. The topological polar surface area (TPSA) is 71.1 Å². The SMILES string of the molecule is CC(=O)Nc1ccc(-c2nc(C(=O)Nc3ccc(C(C)C)cc3)c(C)s2)cc1. The van der Waals surface area contributed by atoms with Gasteiger partial charge in [0.05, 0.1) is 0 Å². The monoisotopic (exact) mass is 393 g/mol. The van der Waals surface area contributed by atoms with Crippen molar-refractivity contribution >= 4 is 34.5 Å². The molecule has 0 spiro atoms. The summed E-state index contributed by atoms with van der Waals surface area (Å²) in [5.41, 5.74) is 4.05. The first kappa shape index (κ1) is 19.8. The minimum Gasteiger partial charge on any atom is -0.326 e. The van der Waals surface area contributed by atoms with Crippen LogP contribution < -0.4 is 10.6 Å². The Hall–Kier alpha value is -2.99. The zero-order valence-electron chi connectivity index (χ0n) is 16.4. The summed E-state index contributed by atoms with van der Waals surface area (Å²) in [4.78, 5) is 29.2. The van der Waals surface area contributed by atoms with Gasteiger partial charge in [-0.2, -0.15) is 0 Å². The van der Waals surface area contributed by atoms with E-state index in [0.717, 1.165) is 26.8 Å². The molecule has 0 aliphatic carbocycles. The Morgan fingerprint density at radius 1 is 0.929 bits per heavy atom. The number of anilines is 2. The van der Waals surface area contributed by atoms with Crippen LogP contribution in [0, 0.1) is 6.92 Å². The van der Waals surface area contributed by atoms with E-state index in [1.165, 1.54) is 23.8 Å². The van der Waals surface area contributed by atoms with Gasteiger partial charge in [0.2, 0.25) is 5.91 Å². The lowest BCUT2D eigenvalue weighted by molar-refractivity contribution is -0.114. The van der Waals surface area contributed by atoms with E-state index in [9.17, 15) is 9.59 Å². The third kappa shape index (κ3) is 4.64. The molecular weight excluding hydrogens is 370 g/mol. The van der Waals surface area contributed by atoms with Crippen molar-refractivity contribution in [1.82, 2.24) is 4.98 Å². The predicted octanol–water partition coefficient (Wildman–Crippen LogP) is 5.45. The lowest BCUT2D eigenvalue weighted by Crippen LogP contribution is -2.13. The molecule has 2 aromatic carbocycles. The Morgan fingerprint density at radius 2 is 1.50 bits per heavy atom. The van der Waals surface area contributed by atoms with Gasteiger partial charge in [-0.1, -0.05) is 26.0 Å². The number of carbonyl (C=O) groups excluding carboxylic acids is 2. The molecule has 0 bridgehead atoms. The Balaban J connectivity index is 1.75. The van der Waals surface area contributed by atoms with E-state index in [0.29, 0.717) is 11.6 Å². The van der Waals surface area contributed by atoms with Crippen LogP contribution in [0.1, 0.15) is 47.6 Å². The second kappa shape index (κ2) is 8.35. The minimum absolute atomic E-state index is 0.113. The zero-order chi connectivity index (χ0) is 20.3. The summed E-state index contributed by atoms with van der Waals surface area (Å²) < 4.78 is 0. The summed E-state index contributed by atoms with van der Waals surface area (Å²) in [7, 11) is 0. The van der Waals surface area contributed by atoms with E-state index in [2.05, 4.69) is 29.5 Å². The summed E-state index contributed by atoms with van der Waals surface area (Å²) >= 11 is 1.47. The molecule has 3 aromatic rings. The van der Waals surface area contributed by atoms with Crippen LogP contribution in [0.25, 0.3) is 10.6 Å². The molecule has 2 N–H and O–H groups in total. The molecule has 0 fully saturated rings. The average molecular weight is 394 g/mol. The Kier molecular flexibility index (Phi) is 5.90. The van der Waals surface area contributed by atoms with Gasteiger partial charge < -0.3 is 10.6 Å². The summed E-state index contributed by atoms with van der Waals surface area (Å²) in [6, 6.07) is 15.3. The van der Waals surface area contributed by atoms with Gasteiger partial charge in [0.1, 0.15) is 10.7 Å². The fourth-order valence-corrected chi connectivity index (χ4v) is 3.69. The second-order valence-corrected chi connectivity index (χ2v) is 8.12. The quantitative estimate of drug-likeness (QED) is 0.605. The smallest absolute Gasteiger partial charge is 0.275 e. The summed E-state index contributed by atoms with van der Waals surface area (Å²) in [6.07, 6.45) is 0. The van der Waals surface area contributed by atoms with E-state index in [1.54, 1.807) is 0 Å². The number of hydrogen-bond acceptors (Lipinski definition) is 4. The molecule has 0 aliphatic heterocycles. The molecule has 28 heavy (non-hydrogen) atoms. The van der Waals surface area contributed by atoms with Crippen molar-refractivity contribution in [3.05, 3.63) is 64.7 Å². The predicted molar refractivity (Wildman–Crippen MR) is 115 cm³/mol. The number of benzene rings is 2. The van der Waals surface area contributed by atoms with Crippen LogP contribution in [0.5, 0.6) is 0 Å². The van der Waals surface area contributed by atoms with Crippen molar-refractivity contribution in [3.8, 4) is 10.6 Å². The van der Waals surface area contributed by atoms with E-state index in [-0.39, 0.29) is 11.8 Å². The molecule has 0 atom stereocenters. The number of nitrogens with zero attached hydrogens (tertiary/aromatic N) is 1. The second-order valence-electron chi connectivity index (χ2n) is 6.91. The lowest BCUT2D eigenvalue weighted by atomic mass is 10.0. The number of aromatic nitrogens is 1. The molecule has 3 rings (SSSR count). The summed E-state index contributed by atoms with van der Waals surface area (Å²) in [6.45, 7) is 7.63. The number of aryl methyl sites for hydroxylation is 1. The molecule has 1 heterocycles. The zero-order valence-corrected chi connectivity index (χ0v) is 17.2. The Morgan fingerprint density at radius 3 is 2.07 bits per heavy atom. The Labute approximate surface area is 168 Å². The maximum atomic E-state index is 12.7. The van der Waals surface area contributed by atoms with Crippen molar-refractivity contribution < 1.29 is 9.59 Å². The van der Waals surface area contributed by atoms with Gasteiger partial charge in [-0.05, 0) is 54.8 Å². The van der Waals surface area contributed by atoms with Crippen LogP contribution in [0.4, 0.5) is 11.4 Å². The normalized spacial score (nSPS) is 10.8. The van der Waals surface area contributed by atoms with E-state index in [1.807, 2.05) is 55.5 Å². The average Bonchev–Trinajstić information content (AvgIpc) is 3.04. The van der Waals surface area contributed by atoms with Crippen molar-refractivity contribution in [3.63, 3.8) is 0 Å². The molecule has 1 aromatic heterocycles. The van der Waals surface area contributed by atoms with Crippen molar-refractivity contribution in [2.45, 2.75) is 33.6 Å². The van der Waals surface area contributed by atoms with Gasteiger partial charge in [-0.15, -0.1) is 11.3 Å². The number of amides is 2. The molecule has 0 saturated heterocycles.